The molecule has 2 fully saturated rings. The second kappa shape index (κ2) is 5.80. The van der Waals surface area contributed by atoms with Gasteiger partial charge in [-0.05, 0) is 42.7 Å². The van der Waals surface area contributed by atoms with Crippen LogP contribution in [-0.4, -0.2) is 31.9 Å². The quantitative estimate of drug-likeness (QED) is 0.789. The van der Waals surface area contributed by atoms with E-state index in [1.165, 1.54) is 12.8 Å². The molecule has 0 unspecified atom stereocenters. The molecule has 0 aromatic carbocycles. The highest BCUT2D eigenvalue weighted by molar-refractivity contribution is 5.83. The summed E-state index contributed by atoms with van der Waals surface area (Å²) in [6.07, 6.45) is 13.8. The fourth-order valence-electron chi connectivity index (χ4n) is 3.47. The number of rotatable bonds is 7. The van der Waals surface area contributed by atoms with E-state index in [0.717, 1.165) is 31.5 Å². The van der Waals surface area contributed by atoms with E-state index in [1.807, 2.05) is 35.8 Å². The first-order valence-electron chi connectivity index (χ1n) is 8.40. The number of carbonyl (C=O) groups excluding carboxylic acids is 1. The highest BCUT2D eigenvalue weighted by Gasteiger charge is 2.66. The van der Waals surface area contributed by atoms with Crippen LogP contribution < -0.4 is 0 Å². The van der Waals surface area contributed by atoms with Crippen LogP contribution in [0.4, 0.5) is 0 Å². The van der Waals surface area contributed by atoms with Gasteiger partial charge >= 0.3 is 0 Å². The van der Waals surface area contributed by atoms with Crippen LogP contribution in [0.2, 0.25) is 0 Å². The van der Waals surface area contributed by atoms with Gasteiger partial charge in [0, 0.05) is 50.3 Å². The molecule has 5 nitrogen and oxygen atoms in total. The third-order valence-electron chi connectivity index (χ3n) is 5.19. The van der Waals surface area contributed by atoms with Crippen LogP contribution in [-0.2, 0) is 17.9 Å². The van der Waals surface area contributed by atoms with Crippen LogP contribution in [0, 0.1) is 11.3 Å². The Hall–Kier alpha value is -2.17. The Kier molecular flexibility index (Phi) is 3.63. The number of imidazole rings is 1. The summed E-state index contributed by atoms with van der Waals surface area (Å²) in [7, 11) is 0. The average molecular weight is 310 g/mol. The Morgan fingerprint density at radius 1 is 1.35 bits per heavy atom. The maximum absolute atomic E-state index is 12.8. The molecule has 1 atom stereocenters. The Morgan fingerprint density at radius 2 is 2.26 bits per heavy atom. The number of aryl methyl sites for hydroxylation is 1. The summed E-state index contributed by atoms with van der Waals surface area (Å²) in [5.74, 6) is 0.629. The van der Waals surface area contributed by atoms with Crippen molar-refractivity contribution >= 4 is 5.91 Å². The van der Waals surface area contributed by atoms with E-state index in [-0.39, 0.29) is 5.92 Å². The lowest BCUT2D eigenvalue weighted by Crippen LogP contribution is -2.33. The smallest absolute Gasteiger partial charge is 0.226 e. The molecular formula is C18H22N4O. The zero-order chi connectivity index (χ0) is 15.7. The van der Waals surface area contributed by atoms with Gasteiger partial charge in [-0.1, -0.05) is 6.07 Å². The predicted octanol–water partition coefficient (Wildman–Crippen LogP) is 2.50. The number of hydrogen-bond acceptors (Lipinski definition) is 3. The highest BCUT2D eigenvalue weighted by Crippen LogP contribution is 2.71. The predicted molar refractivity (Wildman–Crippen MR) is 86.3 cm³/mol. The van der Waals surface area contributed by atoms with Gasteiger partial charge in [0.15, 0.2) is 0 Å². The van der Waals surface area contributed by atoms with Crippen LogP contribution in [0.5, 0.6) is 0 Å². The molecule has 1 amide bonds. The van der Waals surface area contributed by atoms with E-state index in [0.29, 0.717) is 17.9 Å². The number of amides is 1. The lowest BCUT2D eigenvalue weighted by molar-refractivity contribution is -0.133. The van der Waals surface area contributed by atoms with E-state index < -0.39 is 0 Å². The van der Waals surface area contributed by atoms with E-state index >= 15 is 0 Å². The second-order valence-corrected chi connectivity index (χ2v) is 6.89. The molecule has 0 radical (unpaired) electrons. The van der Waals surface area contributed by atoms with Crippen molar-refractivity contribution in [2.24, 2.45) is 11.3 Å². The zero-order valence-electron chi connectivity index (χ0n) is 13.3. The Bertz CT molecular complexity index is 664. The van der Waals surface area contributed by atoms with Crippen LogP contribution in [0.3, 0.4) is 0 Å². The average Bonchev–Trinajstić information content (AvgIpc) is 3.45. The zero-order valence-corrected chi connectivity index (χ0v) is 13.3. The maximum atomic E-state index is 12.8. The molecule has 2 saturated carbocycles. The highest BCUT2D eigenvalue weighted by atomic mass is 16.2. The summed E-state index contributed by atoms with van der Waals surface area (Å²) in [5, 5.41) is 0. The number of aromatic nitrogens is 3. The first-order chi connectivity index (χ1) is 11.3. The van der Waals surface area contributed by atoms with E-state index in [9.17, 15) is 4.79 Å². The van der Waals surface area contributed by atoms with Crippen molar-refractivity contribution in [3.8, 4) is 0 Å². The summed E-state index contributed by atoms with van der Waals surface area (Å²) >= 11 is 0. The molecule has 23 heavy (non-hydrogen) atoms. The maximum Gasteiger partial charge on any atom is 0.226 e. The Balaban J connectivity index is 1.39. The molecule has 5 heteroatoms. The minimum atomic E-state index is 0.285. The lowest BCUT2D eigenvalue weighted by Gasteiger charge is -2.23. The molecule has 2 aromatic rings. The fraction of sp³-hybridized carbons (Fsp3) is 0.500. The van der Waals surface area contributed by atoms with E-state index in [2.05, 4.69) is 14.5 Å². The largest absolute Gasteiger partial charge is 0.338 e. The first-order valence-corrected chi connectivity index (χ1v) is 8.40. The topological polar surface area (TPSA) is 51.0 Å². The summed E-state index contributed by atoms with van der Waals surface area (Å²) in [4.78, 5) is 23.1. The van der Waals surface area contributed by atoms with Crippen LogP contribution in [0.15, 0.2) is 43.2 Å². The van der Waals surface area contributed by atoms with E-state index in [1.54, 1.807) is 12.4 Å². The number of pyridine rings is 1. The van der Waals surface area contributed by atoms with Crippen molar-refractivity contribution < 1.29 is 4.79 Å². The normalized spacial score (nSPS) is 20.4. The van der Waals surface area contributed by atoms with Gasteiger partial charge in [0.05, 0.1) is 6.33 Å². The molecule has 0 aliphatic heterocycles. The number of carbonyl (C=O) groups is 1. The van der Waals surface area contributed by atoms with Crippen molar-refractivity contribution in [3.63, 3.8) is 0 Å². The van der Waals surface area contributed by atoms with Gasteiger partial charge in [0.1, 0.15) is 0 Å². The standard InChI is InChI=1S/C18H22N4O/c23-17(16-11-18(16)4-5-18)22(13-15-3-1-6-19-12-15)9-2-8-21-10-7-20-14-21/h1,3,6-7,10,12,14,16H,2,4-5,8-9,11,13H2/t16-/m0/s1. The molecule has 1 spiro atoms. The van der Waals surface area contributed by atoms with E-state index in [4.69, 9.17) is 0 Å². The number of nitrogens with zero attached hydrogens (tertiary/aromatic N) is 4. The lowest BCUT2D eigenvalue weighted by atomic mass is 10.2. The molecule has 0 bridgehead atoms. The Labute approximate surface area is 136 Å². The number of hydrogen-bond donors (Lipinski definition) is 0. The third kappa shape index (κ3) is 3.14. The van der Waals surface area contributed by atoms with Gasteiger partial charge in [-0.3, -0.25) is 9.78 Å². The monoisotopic (exact) mass is 310 g/mol. The third-order valence-corrected chi connectivity index (χ3v) is 5.19. The molecule has 4 rings (SSSR count). The second-order valence-electron chi connectivity index (χ2n) is 6.89. The molecular weight excluding hydrogens is 288 g/mol. The van der Waals surface area contributed by atoms with Gasteiger partial charge in [0.25, 0.3) is 0 Å². The molecule has 2 heterocycles. The molecule has 0 saturated heterocycles. The first kappa shape index (κ1) is 14.4. The van der Waals surface area contributed by atoms with Gasteiger partial charge in [0.2, 0.25) is 5.91 Å². The van der Waals surface area contributed by atoms with Crippen LogP contribution in [0.25, 0.3) is 0 Å². The molecule has 2 aromatic heterocycles. The van der Waals surface area contributed by atoms with Gasteiger partial charge in [-0.2, -0.15) is 0 Å². The summed E-state index contributed by atoms with van der Waals surface area (Å²) in [6, 6.07) is 3.98. The summed E-state index contributed by atoms with van der Waals surface area (Å²) < 4.78 is 2.06. The van der Waals surface area contributed by atoms with Crippen molar-refractivity contribution in [1.29, 1.82) is 0 Å². The minimum absolute atomic E-state index is 0.285. The van der Waals surface area contributed by atoms with Crippen molar-refractivity contribution in [2.75, 3.05) is 6.54 Å². The Morgan fingerprint density at radius 3 is 2.91 bits per heavy atom. The van der Waals surface area contributed by atoms with Crippen LogP contribution in [0.1, 0.15) is 31.2 Å². The van der Waals surface area contributed by atoms with Crippen molar-refractivity contribution in [3.05, 3.63) is 48.8 Å². The molecule has 2 aliphatic rings. The minimum Gasteiger partial charge on any atom is -0.338 e. The summed E-state index contributed by atoms with van der Waals surface area (Å²) in [5.41, 5.74) is 1.52. The molecule has 0 N–H and O–H groups in total. The van der Waals surface area contributed by atoms with Crippen molar-refractivity contribution in [1.82, 2.24) is 19.4 Å². The van der Waals surface area contributed by atoms with Gasteiger partial charge in [-0.25, -0.2) is 4.98 Å². The molecule has 120 valence electrons. The van der Waals surface area contributed by atoms with Crippen molar-refractivity contribution in [2.45, 2.75) is 38.8 Å². The van der Waals surface area contributed by atoms with Gasteiger partial charge < -0.3 is 9.47 Å². The van der Waals surface area contributed by atoms with Crippen LogP contribution >= 0.6 is 0 Å². The summed E-state index contributed by atoms with van der Waals surface area (Å²) in [6.45, 7) is 2.36. The fourth-order valence-corrected chi connectivity index (χ4v) is 3.47. The van der Waals surface area contributed by atoms with Gasteiger partial charge in [-0.15, -0.1) is 0 Å². The molecule has 2 aliphatic carbocycles. The SMILES string of the molecule is O=C([C@@H]1CC12CC2)N(CCCn1ccnc1)Cc1cccnc1.